The van der Waals surface area contributed by atoms with Gasteiger partial charge >= 0.3 is 23.9 Å². The van der Waals surface area contributed by atoms with Crippen molar-refractivity contribution in [3.05, 3.63) is 36.4 Å². The molecule has 0 saturated carbocycles. The number of carbonyl (C=O) groups is 4. The van der Waals surface area contributed by atoms with Crippen LogP contribution >= 0.6 is 0 Å². The van der Waals surface area contributed by atoms with E-state index in [0.29, 0.717) is 55.3 Å². The van der Waals surface area contributed by atoms with Crippen molar-refractivity contribution in [3.63, 3.8) is 0 Å². The molecule has 0 heterocycles. The zero-order chi connectivity index (χ0) is 68.4. The summed E-state index contributed by atoms with van der Waals surface area (Å²) in [4.78, 5) is 55.6. The molecule has 0 atom stereocenters. The predicted octanol–water partition coefficient (Wildman–Crippen LogP) is 29.3. The number of hydrogen-bond acceptors (Lipinski definition) is 8. The summed E-state index contributed by atoms with van der Waals surface area (Å²) < 4.78 is 25.3. The summed E-state index contributed by atoms with van der Waals surface area (Å²) in [5.41, 5.74) is 0. The fourth-order valence-corrected chi connectivity index (χ4v) is 14.5. The monoisotopic (exact) mass is 1330 g/mol. The molecule has 0 radical (unpaired) electrons. The molecule has 4 aromatic rings. The van der Waals surface area contributed by atoms with Gasteiger partial charge in [0.15, 0.2) is 0 Å². The summed E-state index contributed by atoms with van der Waals surface area (Å²) in [6.45, 7) is 9.11. The van der Waals surface area contributed by atoms with E-state index >= 15 is 0 Å². The Labute approximate surface area is 589 Å². The quantitative estimate of drug-likeness (QED) is 0.0186. The van der Waals surface area contributed by atoms with Crippen molar-refractivity contribution in [1.29, 1.82) is 0 Å². The molecular formula is C88H146O8. The molecular weight excluding hydrogens is 1180 g/mol. The van der Waals surface area contributed by atoms with Crippen LogP contribution in [-0.4, -0.2) is 23.9 Å². The summed E-state index contributed by atoms with van der Waals surface area (Å²) in [5, 5.41) is 4.10. The van der Waals surface area contributed by atoms with E-state index in [9.17, 15) is 19.2 Å². The largest absolute Gasteiger partial charge is 0.426 e. The first-order chi connectivity index (χ1) is 47.3. The van der Waals surface area contributed by atoms with Crippen LogP contribution < -0.4 is 18.9 Å². The third-order valence-electron chi connectivity index (χ3n) is 20.6. The van der Waals surface area contributed by atoms with E-state index in [4.69, 9.17) is 18.9 Å². The van der Waals surface area contributed by atoms with Gasteiger partial charge in [-0.15, -0.1) is 0 Å². The minimum Gasteiger partial charge on any atom is -0.426 e. The Kier molecular flexibility index (Phi) is 51.4. The van der Waals surface area contributed by atoms with Gasteiger partial charge in [0, 0.05) is 70.1 Å². The van der Waals surface area contributed by atoms with Crippen LogP contribution in [0.25, 0.3) is 32.3 Å². The zero-order valence-corrected chi connectivity index (χ0v) is 63.0. The molecule has 0 fully saturated rings. The molecule has 0 aromatic heterocycles. The lowest BCUT2D eigenvalue weighted by molar-refractivity contribution is -0.135. The number of hydrogen-bond donors (Lipinski definition) is 0. The minimum atomic E-state index is -0.323. The molecule has 8 nitrogen and oxygen atoms in total. The van der Waals surface area contributed by atoms with Crippen LogP contribution in [0.15, 0.2) is 36.4 Å². The topological polar surface area (TPSA) is 105 Å². The van der Waals surface area contributed by atoms with E-state index in [1.807, 2.05) is 24.3 Å². The average Bonchev–Trinajstić information content (AvgIpc) is 0.721. The van der Waals surface area contributed by atoms with Gasteiger partial charge in [-0.25, -0.2) is 0 Å². The Morgan fingerprint density at radius 2 is 0.323 bits per heavy atom. The number of unbranched alkanes of at least 4 members (excludes halogenated alkanes) is 56. The van der Waals surface area contributed by atoms with E-state index < -0.39 is 0 Å². The Balaban J connectivity index is 1.46. The fourth-order valence-electron chi connectivity index (χ4n) is 14.5. The Morgan fingerprint density at radius 1 is 0.198 bits per heavy atom. The van der Waals surface area contributed by atoms with Crippen LogP contribution in [0.5, 0.6) is 23.0 Å². The molecule has 0 aliphatic heterocycles. The fraction of sp³-hybridized carbons (Fsp3) is 0.773. The summed E-state index contributed by atoms with van der Waals surface area (Å²) >= 11 is 0. The van der Waals surface area contributed by atoms with Gasteiger partial charge in [-0.2, -0.15) is 0 Å². The van der Waals surface area contributed by atoms with E-state index in [2.05, 4.69) is 27.7 Å². The number of ether oxygens (including phenoxy) is 4. The second-order valence-corrected chi connectivity index (χ2v) is 29.5. The number of benzene rings is 4. The van der Waals surface area contributed by atoms with Gasteiger partial charge < -0.3 is 18.9 Å². The van der Waals surface area contributed by atoms with Crippen molar-refractivity contribution in [3.8, 4) is 23.0 Å². The highest BCUT2D eigenvalue weighted by Gasteiger charge is 2.25. The maximum atomic E-state index is 13.9. The molecule has 0 bridgehead atoms. The van der Waals surface area contributed by atoms with E-state index in [1.165, 1.54) is 308 Å². The van der Waals surface area contributed by atoms with Gasteiger partial charge in [0.25, 0.3) is 0 Å². The molecule has 8 heteroatoms. The smallest absolute Gasteiger partial charge is 0.311 e. The first-order valence-corrected chi connectivity index (χ1v) is 41.9. The van der Waals surface area contributed by atoms with Crippen molar-refractivity contribution in [2.45, 2.75) is 439 Å². The molecule has 0 saturated heterocycles. The molecule has 0 N–H and O–H groups in total. The molecule has 96 heavy (non-hydrogen) atoms. The first kappa shape index (κ1) is 84.2. The summed E-state index contributed by atoms with van der Waals surface area (Å²) in [6.07, 6.45) is 76.0. The van der Waals surface area contributed by atoms with Gasteiger partial charge in [-0.1, -0.05) is 387 Å². The van der Waals surface area contributed by atoms with Crippen molar-refractivity contribution in [1.82, 2.24) is 0 Å². The zero-order valence-electron chi connectivity index (χ0n) is 63.0. The van der Waals surface area contributed by atoms with Crippen molar-refractivity contribution in [2.24, 2.45) is 0 Å². The summed E-state index contributed by atoms with van der Waals surface area (Å²) in [6, 6.07) is 11.1. The van der Waals surface area contributed by atoms with Crippen molar-refractivity contribution in [2.75, 3.05) is 0 Å². The molecule has 0 amide bonds. The lowest BCUT2D eigenvalue weighted by atomic mass is 9.92. The van der Waals surface area contributed by atoms with Crippen LogP contribution in [0.2, 0.25) is 0 Å². The Bertz CT molecular complexity index is 2210. The van der Waals surface area contributed by atoms with Crippen molar-refractivity contribution < 1.29 is 38.1 Å². The second kappa shape index (κ2) is 58.6. The highest BCUT2D eigenvalue weighted by molar-refractivity contribution is 6.28. The minimum absolute atomic E-state index is 0.285. The number of carbonyl (C=O) groups excluding carboxylic acids is 4. The molecule has 546 valence electrons. The lowest BCUT2D eigenvalue weighted by Gasteiger charge is -2.20. The van der Waals surface area contributed by atoms with Gasteiger partial charge in [0.1, 0.15) is 23.0 Å². The highest BCUT2D eigenvalue weighted by atomic mass is 16.6. The van der Waals surface area contributed by atoms with Gasteiger partial charge in [-0.05, 0) is 49.9 Å². The molecule has 0 aliphatic carbocycles. The number of rotatable bonds is 68. The Morgan fingerprint density at radius 3 is 0.458 bits per heavy atom. The summed E-state index contributed by atoms with van der Waals surface area (Å²) in [7, 11) is 0. The highest BCUT2D eigenvalue weighted by Crippen LogP contribution is 2.48. The van der Waals surface area contributed by atoms with E-state index in [0.717, 1.165) is 77.0 Å². The standard InChI is InChI=1S/C88H146O8/c1-5-9-13-17-21-25-29-33-37-41-45-49-53-57-61-65-83(89)93-79-73-80(94-84(90)66-62-58-54-50-46-42-38-34-30-26-22-18-14-10-6-2)76-71-72-78-82(96-86(92)68-64-60-56-52-48-44-40-36-32-28-24-20-16-12-8-4)74-81(77-70-69-75(79)87(76)88(77)78)95-85(91)67-63-59-55-51-47-43-39-35-31-27-23-19-15-11-7-3/h69-74H,5-68H2,1-4H3. The van der Waals surface area contributed by atoms with Crippen LogP contribution in [0, 0.1) is 0 Å². The van der Waals surface area contributed by atoms with E-state index in [1.54, 1.807) is 12.1 Å². The maximum Gasteiger partial charge on any atom is 0.311 e. The van der Waals surface area contributed by atoms with Gasteiger partial charge in [0.2, 0.25) is 0 Å². The third kappa shape index (κ3) is 39.6. The molecule has 0 aliphatic rings. The van der Waals surface area contributed by atoms with E-state index in [-0.39, 0.29) is 49.6 Å². The molecule has 4 aromatic carbocycles. The molecule has 0 spiro atoms. The van der Waals surface area contributed by atoms with Crippen LogP contribution in [0.1, 0.15) is 439 Å². The third-order valence-corrected chi connectivity index (χ3v) is 20.6. The predicted molar refractivity (Wildman–Crippen MR) is 411 cm³/mol. The summed E-state index contributed by atoms with van der Waals surface area (Å²) in [5.74, 6) is -0.0127. The second-order valence-electron chi connectivity index (χ2n) is 29.5. The lowest BCUT2D eigenvalue weighted by Crippen LogP contribution is -2.12. The SMILES string of the molecule is CCCCCCCCCCCCCCCCCC(=O)Oc1cc(OC(=O)CCCCCCCCCCCCCCCCC)c2ccc3c(OC(=O)CCCCCCCCCCCCCCCCC)cc(OC(=O)CCCCCCCCCCCCCCCCC)c4ccc1c2c43. The average molecular weight is 1330 g/mol. The molecule has 0 unspecified atom stereocenters. The van der Waals surface area contributed by atoms with Gasteiger partial charge in [-0.3, -0.25) is 19.2 Å². The first-order valence-electron chi connectivity index (χ1n) is 41.9. The normalized spacial score (nSPS) is 11.7. The van der Waals surface area contributed by atoms with Crippen LogP contribution in [-0.2, 0) is 19.2 Å². The molecule has 4 rings (SSSR count). The van der Waals surface area contributed by atoms with Gasteiger partial charge in [0.05, 0.1) is 0 Å². The number of esters is 4. The van der Waals surface area contributed by atoms with Crippen LogP contribution in [0.4, 0.5) is 0 Å². The van der Waals surface area contributed by atoms with Crippen LogP contribution in [0.3, 0.4) is 0 Å². The van der Waals surface area contributed by atoms with Crippen molar-refractivity contribution >= 4 is 56.2 Å². The Hall–Kier alpha value is -4.20. The maximum absolute atomic E-state index is 13.9.